The number of hydrogen-bond acceptors (Lipinski definition) is 4. The van der Waals surface area contributed by atoms with E-state index in [9.17, 15) is 9.59 Å². The fourth-order valence-electron chi connectivity index (χ4n) is 1.90. The van der Waals surface area contributed by atoms with Gasteiger partial charge in [0, 0.05) is 11.9 Å². The lowest BCUT2D eigenvalue weighted by Gasteiger charge is -2.22. The molecule has 2 aromatic rings. The van der Waals surface area contributed by atoms with Crippen LogP contribution in [0.4, 0.5) is 11.4 Å². The quantitative estimate of drug-likeness (QED) is 0.848. The van der Waals surface area contributed by atoms with E-state index in [0.29, 0.717) is 17.8 Å². The lowest BCUT2D eigenvalue weighted by Crippen LogP contribution is -2.31. The second-order valence-electron chi connectivity index (χ2n) is 4.14. The van der Waals surface area contributed by atoms with Crippen molar-refractivity contribution in [3.63, 3.8) is 0 Å². The molecule has 0 aliphatic carbocycles. The molecule has 104 valence electrons. The summed E-state index contributed by atoms with van der Waals surface area (Å²) in [6.45, 7) is 2.29. The molecule has 20 heavy (non-hydrogen) atoms. The van der Waals surface area contributed by atoms with Gasteiger partial charge in [0.15, 0.2) is 0 Å². The molecule has 0 unspecified atom stereocenters. The van der Waals surface area contributed by atoms with E-state index < -0.39 is 5.97 Å². The molecule has 6 heteroatoms. The zero-order valence-corrected chi connectivity index (χ0v) is 11.7. The highest BCUT2D eigenvalue weighted by atomic mass is 32.1. The molecule has 0 aliphatic rings. The maximum Gasteiger partial charge on any atom is 0.335 e. The number of hydrogen-bond donors (Lipinski definition) is 2. The number of amides is 1. The average Bonchev–Trinajstić information content (AvgIpc) is 2.94. The lowest BCUT2D eigenvalue weighted by atomic mass is 10.1. The van der Waals surface area contributed by atoms with Gasteiger partial charge in [0.05, 0.1) is 22.5 Å². The Kier molecular flexibility index (Phi) is 4.05. The lowest BCUT2D eigenvalue weighted by molar-refractivity contribution is 0.0697. The average molecular weight is 290 g/mol. The normalized spacial score (nSPS) is 10.2. The van der Waals surface area contributed by atoms with Crippen molar-refractivity contribution in [2.45, 2.75) is 6.92 Å². The highest BCUT2D eigenvalue weighted by Gasteiger charge is 2.19. The molecule has 2 rings (SSSR count). The first-order valence-electron chi connectivity index (χ1n) is 6.01. The van der Waals surface area contributed by atoms with Gasteiger partial charge >= 0.3 is 5.97 Å². The number of carbonyl (C=O) groups excluding carboxylic acids is 1. The van der Waals surface area contributed by atoms with Crippen LogP contribution in [-0.2, 0) is 0 Å². The van der Waals surface area contributed by atoms with Crippen LogP contribution in [0.3, 0.4) is 0 Å². The van der Waals surface area contributed by atoms with Gasteiger partial charge in [0.2, 0.25) is 0 Å². The van der Waals surface area contributed by atoms with Gasteiger partial charge in [-0.15, -0.1) is 0 Å². The minimum atomic E-state index is -1.05. The number of nitrogens with two attached hydrogens (primary N) is 1. The van der Waals surface area contributed by atoms with Crippen LogP contribution >= 0.6 is 11.3 Å². The Labute approximate surface area is 120 Å². The summed E-state index contributed by atoms with van der Waals surface area (Å²) in [5.41, 5.74) is 7.37. The number of carboxylic acid groups (broad SMARTS) is 1. The summed E-state index contributed by atoms with van der Waals surface area (Å²) < 4.78 is 0. The molecule has 3 N–H and O–H groups in total. The van der Waals surface area contributed by atoms with E-state index in [1.54, 1.807) is 17.5 Å². The van der Waals surface area contributed by atoms with E-state index in [4.69, 9.17) is 10.8 Å². The van der Waals surface area contributed by atoms with Gasteiger partial charge in [0.1, 0.15) is 0 Å². The third-order valence-corrected chi connectivity index (χ3v) is 3.58. The summed E-state index contributed by atoms with van der Waals surface area (Å²) in [6.07, 6.45) is 0. The van der Waals surface area contributed by atoms with Crippen LogP contribution in [0.25, 0.3) is 0 Å². The number of aromatic carboxylic acids is 1. The third kappa shape index (κ3) is 2.65. The van der Waals surface area contributed by atoms with Crippen LogP contribution < -0.4 is 10.6 Å². The van der Waals surface area contributed by atoms with Crippen molar-refractivity contribution in [3.8, 4) is 0 Å². The number of thiophene rings is 1. The Morgan fingerprint density at radius 1 is 1.30 bits per heavy atom. The van der Waals surface area contributed by atoms with Crippen molar-refractivity contribution < 1.29 is 14.7 Å². The van der Waals surface area contributed by atoms with E-state index in [-0.39, 0.29) is 17.2 Å². The SMILES string of the molecule is CCN(C(=O)c1ccsc1)c1ccc(C(=O)O)cc1N. The molecule has 0 saturated carbocycles. The molecule has 5 nitrogen and oxygen atoms in total. The molecule has 0 radical (unpaired) electrons. The third-order valence-electron chi connectivity index (χ3n) is 2.89. The van der Waals surface area contributed by atoms with E-state index in [1.807, 2.05) is 12.3 Å². The smallest absolute Gasteiger partial charge is 0.335 e. The first-order chi connectivity index (χ1) is 9.54. The minimum absolute atomic E-state index is 0.102. The summed E-state index contributed by atoms with van der Waals surface area (Å²) in [6, 6.07) is 6.11. The van der Waals surface area contributed by atoms with Gasteiger partial charge < -0.3 is 15.7 Å². The zero-order chi connectivity index (χ0) is 14.7. The van der Waals surface area contributed by atoms with Crippen molar-refractivity contribution in [3.05, 3.63) is 46.2 Å². The number of nitrogens with zero attached hydrogens (tertiary/aromatic N) is 1. The van der Waals surface area contributed by atoms with Crippen LogP contribution in [-0.4, -0.2) is 23.5 Å². The summed E-state index contributed by atoms with van der Waals surface area (Å²) in [7, 11) is 0. The van der Waals surface area contributed by atoms with Crippen molar-refractivity contribution in [1.29, 1.82) is 0 Å². The number of nitrogen functional groups attached to an aromatic ring is 1. The molecule has 1 aromatic carbocycles. The maximum atomic E-state index is 12.4. The van der Waals surface area contributed by atoms with Gasteiger partial charge in [-0.05, 0) is 36.6 Å². The molecule has 0 atom stereocenters. The summed E-state index contributed by atoms with van der Waals surface area (Å²) in [5.74, 6) is -1.20. The van der Waals surface area contributed by atoms with Crippen molar-refractivity contribution in [1.82, 2.24) is 0 Å². The molecule has 1 aromatic heterocycles. The van der Waals surface area contributed by atoms with Crippen LogP contribution in [0.1, 0.15) is 27.6 Å². The van der Waals surface area contributed by atoms with Gasteiger partial charge in [-0.1, -0.05) is 0 Å². The number of rotatable bonds is 4. The van der Waals surface area contributed by atoms with Crippen LogP contribution in [0.15, 0.2) is 35.0 Å². The van der Waals surface area contributed by atoms with E-state index in [1.165, 1.54) is 28.4 Å². The Bertz CT molecular complexity index is 638. The molecule has 0 spiro atoms. The molecule has 1 amide bonds. The zero-order valence-electron chi connectivity index (χ0n) is 10.9. The number of carbonyl (C=O) groups is 2. The highest BCUT2D eigenvalue weighted by Crippen LogP contribution is 2.26. The van der Waals surface area contributed by atoms with E-state index >= 15 is 0 Å². The van der Waals surface area contributed by atoms with Crippen LogP contribution in [0.2, 0.25) is 0 Å². The van der Waals surface area contributed by atoms with Gasteiger partial charge in [-0.2, -0.15) is 11.3 Å². The molecule has 1 heterocycles. The topological polar surface area (TPSA) is 83.6 Å². The predicted molar refractivity (Wildman–Crippen MR) is 79.5 cm³/mol. The highest BCUT2D eigenvalue weighted by molar-refractivity contribution is 7.08. The monoisotopic (exact) mass is 290 g/mol. The first kappa shape index (κ1) is 14.1. The number of benzene rings is 1. The van der Waals surface area contributed by atoms with Crippen molar-refractivity contribution in [2.24, 2.45) is 0 Å². The Balaban J connectivity index is 2.37. The van der Waals surface area contributed by atoms with Crippen molar-refractivity contribution in [2.75, 3.05) is 17.2 Å². The Morgan fingerprint density at radius 2 is 2.05 bits per heavy atom. The second-order valence-corrected chi connectivity index (χ2v) is 4.92. The summed E-state index contributed by atoms with van der Waals surface area (Å²) in [5, 5.41) is 12.5. The van der Waals surface area contributed by atoms with Crippen molar-refractivity contribution >= 4 is 34.6 Å². The fourth-order valence-corrected chi connectivity index (χ4v) is 2.53. The van der Waals surface area contributed by atoms with E-state index in [2.05, 4.69) is 0 Å². The minimum Gasteiger partial charge on any atom is -0.478 e. The summed E-state index contributed by atoms with van der Waals surface area (Å²) in [4.78, 5) is 24.8. The van der Waals surface area contributed by atoms with Gasteiger partial charge in [-0.25, -0.2) is 4.79 Å². The Hall–Kier alpha value is -2.34. The molecular weight excluding hydrogens is 276 g/mol. The number of anilines is 2. The summed E-state index contributed by atoms with van der Waals surface area (Å²) >= 11 is 1.45. The van der Waals surface area contributed by atoms with E-state index in [0.717, 1.165) is 0 Å². The fraction of sp³-hybridized carbons (Fsp3) is 0.143. The van der Waals surface area contributed by atoms with Crippen LogP contribution in [0.5, 0.6) is 0 Å². The maximum absolute atomic E-state index is 12.4. The molecular formula is C14H14N2O3S. The van der Waals surface area contributed by atoms with Crippen LogP contribution in [0, 0.1) is 0 Å². The standard InChI is InChI=1S/C14H14N2O3S/c1-2-16(13(17)10-5-6-20-8-10)12-4-3-9(14(18)19)7-11(12)15/h3-8H,2,15H2,1H3,(H,18,19). The second kappa shape index (κ2) is 5.75. The predicted octanol–water partition coefficient (Wildman–Crippen LogP) is 2.70. The Morgan fingerprint density at radius 3 is 2.55 bits per heavy atom. The largest absolute Gasteiger partial charge is 0.478 e. The molecule has 0 aliphatic heterocycles. The first-order valence-corrected chi connectivity index (χ1v) is 6.95. The molecule has 0 saturated heterocycles. The van der Waals surface area contributed by atoms with Gasteiger partial charge in [0.25, 0.3) is 5.91 Å². The molecule has 0 bridgehead atoms. The number of carboxylic acids is 1. The van der Waals surface area contributed by atoms with Gasteiger partial charge in [-0.3, -0.25) is 4.79 Å². The molecule has 0 fully saturated rings.